The molecular formula is C18H23N5O2. The Morgan fingerprint density at radius 3 is 2.68 bits per heavy atom. The lowest BCUT2D eigenvalue weighted by molar-refractivity contribution is -0.118. The van der Waals surface area contributed by atoms with Crippen LogP contribution in [0.4, 0.5) is 17.5 Å². The molecule has 7 heteroatoms. The molecule has 0 unspecified atom stereocenters. The lowest BCUT2D eigenvalue weighted by Gasteiger charge is -2.32. The fourth-order valence-electron chi connectivity index (χ4n) is 2.77. The second-order valence-electron chi connectivity index (χ2n) is 5.88. The van der Waals surface area contributed by atoms with Crippen molar-refractivity contribution in [2.45, 2.75) is 13.8 Å². The molecule has 2 aromatic rings. The third-order valence-corrected chi connectivity index (χ3v) is 4.04. The fraction of sp³-hybridized carbons (Fsp3) is 0.389. The van der Waals surface area contributed by atoms with Gasteiger partial charge in [-0.15, -0.1) is 0 Å². The number of benzene rings is 1. The zero-order valence-electron chi connectivity index (χ0n) is 14.6. The molecule has 1 amide bonds. The Hall–Kier alpha value is -2.83. The van der Waals surface area contributed by atoms with Crippen LogP contribution in [-0.4, -0.2) is 54.1 Å². The van der Waals surface area contributed by atoms with E-state index in [1.54, 1.807) is 4.90 Å². The van der Waals surface area contributed by atoms with Gasteiger partial charge in [-0.25, -0.2) is 4.98 Å². The van der Waals surface area contributed by atoms with Crippen molar-refractivity contribution in [3.8, 4) is 5.75 Å². The number of ether oxygens (including phenoxy) is 1. The van der Waals surface area contributed by atoms with Crippen molar-refractivity contribution < 1.29 is 9.53 Å². The predicted molar refractivity (Wildman–Crippen MR) is 97.5 cm³/mol. The molecule has 3 rings (SSSR count). The summed E-state index contributed by atoms with van der Waals surface area (Å²) in [5.74, 6) is 2.21. The van der Waals surface area contributed by atoms with E-state index in [-0.39, 0.29) is 0 Å². The molecular weight excluding hydrogens is 318 g/mol. The summed E-state index contributed by atoms with van der Waals surface area (Å²) in [7, 11) is 0. The maximum Gasteiger partial charge on any atom is 0.227 e. The lowest BCUT2D eigenvalue weighted by Crippen LogP contribution is -2.46. The number of amides is 1. The van der Waals surface area contributed by atoms with Gasteiger partial charge >= 0.3 is 0 Å². The van der Waals surface area contributed by atoms with Crippen molar-refractivity contribution in [2.24, 2.45) is 0 Å². The standard InChI is InChI=1S/C18H23N5O2/c1-3-25-16-7-5-4-6-15(16)20-17-12-14(2)19-18(21-17)23-10-8-22(13-24)9-11-23/h4-7,12-13H,3,8-11H2,1-2H3,(H,19,20,21). The molecule has 0 radical (unpaired) electrons. The van der Waals surface area contributed by atoms with Gasteiger partial charge in [0.25, 0.3) is 0 Å². The normalized spacial score (nSPS) is 14.3. The Kier molecular flexibility index (Phi) is 5.33. The molecule has 1 aliphatic heterocycles. The van der Waals surface area contributed by atoms with Crippen LogP contribution in [0.5, 0.6) is 5.75 Å². The maximum atomic E-state index is 10.9. The van der Waals surface area contributed by atoms with E-state index in [9.17, 15) is 4.79 Å². The van der Waals surface area contributed by atoms with Gasteiger partial charge in [-0.2, -0.15) is 4.98 Å². The van der Waals surface area contributed by atoms with Crippen LogP contribution < -0.4 is 15.0 Å². The number of para-hydroxylation sites is 2. The van der Waals surface area contributed by atoms with Crippen molar-refractivity contribution in [1.29, 1.82) is 0 Å². The molecule has 1 aliphatic rings. The first-order valence-electron chi connectivity index (χ1n) is 8.48. The SMILES string of the molecule is CCOc1ccccc1Nc1cc(C)nc(N2CCN(C=O)CC2)n1. The van der Waals surface area contributed by atoms with Crippen LogP contribution in [0.2, 0.25) is 0 Å². The minimum atomic E-state index is 0.605. The number of aromatic nitrogens is 2. The second kappa shape index (κ2) is 7.83. The molecule has 0 saturated carbocycles. The average molecular weight is 341 g/mol. The third-order valence-electron chi connectivity index (χ3n) is 4.04. The number of anilines is 3. The summed E-state index contributed by atoms with van der Waals surface area (Å²) >= 11 is 0. The van der Waals surface area contributed by atoms with Crippen molar-refractivity contribution >= 4 is 23.9 Å². The predicted octanol–water partition coefficient (Wildman–Crippen LogP) is 2.21. The summed E-state index contributed by atoms with van der Waals surface area (Å²) in [6.07, 6.45) is 0.895. The fourth-order valence-corrected chi connectivity index (χ4v) is 2.77. The molecule has 0 atom stereocenters. The first kappa shape index (κ1) is 17.0. The van der Waals surface area contributed by atoms with Crippen LogP contribution in [0, 0.1) is 6.92 Å². The van der Waals surface area contributed by atoms with Gasteiger partial charge in [0.05, 0.1) is 12.3 Å². The number of rotatable bonds is 6. The number of hydrogen-bond donors (Lipinski definition) is 1. The van der Waals surface area contributed by atoms with E-state index in [0.717, 1.165) is 42.4 Å². The molecule has 2 heterocycles. The van der Waals surface area contributed by atoms with Crippen LogP contribution in [0.1, 0.15) is 12.6 Å². The zero-order valence-corrected chi connectivity index (χ0v) is 14.6. The summed E-state index contributed by atoms with van der Waals surface area (Å²) in [4.78, 5) is 23.9. The highest BCUT2D eigenvalue weighted by Crippen LogP contribution is 2.27. The van der Waals surface area contributed by atoms with Gasteiger partial charge in [0.15, 0.2) is 0 Å². The number of carbonyl (C=O) groups excluding carboxylic acids is 1. The summed E-state index contributed by atoms with van der Waals surface area (Å²) in [5.41, 5.74) is 1.76. The van der Waals surface area contributed by atoms with Crippen molar-refractivity contribution in [3.63, 3.8) is 0 Å². The summed E-state index contributed by atoms with van der Waals surface area (Å²) in [6, 6.07) is 9.70. The van der Waals surface area contributed by atoms with Gasteiger partial charge in [0.2, 0.25) is 12.4 Å². The molecule has 1 fully saturated rings. The number of aryl methyl sites for hydroxylation is 1. The van der Waals surface area contributed by atoms with Gasteiger partial charge in [0, 0.05) is 37.9 Å². The lowest BCUT2D eigenvalue weighted by atomic mass is 10.3. The van der Waals surface area contributed by atoms with Crippen LogP contribution in [0.15, 0.2) is 30.3 Å². The third kappa shape index (κ3) is 4.17. The summed E-state index contributed by atoms with van der Waals surface area (Å²) < 4.78 is 5.66. The highest BCUT2D eigenvalue weighted by Gasteiger charge is 2.18. The van der Waals surface area contributed by atoms with Gasteiger partial charge in [-0.05, 0) is 26.0 Å². The molecule has 1 saturated heterocycles. The molecule has 132 valence electrons. The van der Waals surface area contributed by atoms with Crippen LogP contribution in [0.25, 0.3) is 0 Å². The maximum absolute atomic E-state index is 10.9. The van der Waals surface area contributed by atoms with E-state index < -0.39 is 0 Å². The Labute approximate surface area is 147 Å². The Morgan fingerprint density at radius 2 is 1.96 bits per heavy atom. The minimum Gasteiger partial charge on any atom is -0.492 e. The zero-order chi connectivity index (χ0) is 17.6. The van der Waals surface area contributed by atoms with E-state index in [1.165, 1.54) is 0 Å². The first-order chi connectivity index (χ1) is 12.2. The van der Waals surface area contributed by atoms with Crippen LogP contribution in [0.3, 0.4) is 0 Å². The number of piperazine rings is 1. The highest BCUT2D eigenvalue weighted by atomic mass is 16.5. The summed E-state index contributed by atoms with van der Waals surface area (Å²) in [6.45, 7) is 7.37. The van der Waals surface area contributed by atoms with Crippen LogP contribution >= 0.6 is 0 Å². The average Bonchev–Trinajstić information content (AvgIpc) is 2.63. The molecule has 7 nitrogen and oxygen atoms in total. The topological polar surface area (TPSA) is 70.6 Å². The minimum absolute atomic E-state index is 0.605. The molecule has 1 aromatic carbocycles. The smallest absolute Gasteiger partial charge is 0.227 e. The number of nitrogens with one attached hydrogen (secondary N) is 1. The number of hydrogen-bond acceptors (Lipinski definition) is 6. The first-order valence-corrected chi connectivity index (χ1v) is 8.48. The Bertz CT molecular complexity index is 729. The van der Waals surface area contributed by atoms with Crippen LogP contribution in [-0.2, 0) is 4.79 Å². The molecule has 0 bridgehead atoms. The van der Waals surface area contributed by atoms with Gasteiger partial charge in [-0.3, -0.25) is 4.79 Å². The molecule has 25 heavy (non-hydrogen) atoms. The largest absolute Gasteiger partial charge is 0.492 e. The van der Waals surface area contributed by atoms with Crippen molar-refractivity contribution in [3.05, 3.63) is 36.0 Å². The number of nitrogens with zero attached hydrogens (tertiary/aromatic N) is 4. The van der Waals surface area contributed by atoms with Gasteiger partial charge in [0.1, 0.15) is 11.6 Å². The van der Waals surface area contributed by atoms with Crippen molar-refractivity contribution in [1.82, 2.24) is 14.9 Å². The van der Waals surface area contributed by atoms with Gasteiger partial charge in [-0.1, -0.05) is 12.1 Å². The number of carbonyl (C=O) groups is 1. The Balaban J connectivity index is 1.79. The molecule has 1 aromatic heterocycles. The van der Waals surface area contributed by atoms with E-state index in [2.05, 4.69) is 20.2 Å². The van der Waals surface area contributed by atoms with E-state index in [4.69, 9.17) is 4.74 Å². The Morgan fingerprint density at radius 1 is 1.20 bits per heavy atom. The monoisotopic (exact) mass is 341 g/mol. The second-order valence-corrected chi connectivity index (χ2v) is 5.88. The highest BCUT2D eigenvalue weighted by molar-refractivity contribution is 5.65. The van der Waals surface area contributed by atoms with E-state index >= 15 is 0 Å². The van der Waals surface area contributed by atoms with E-state index in [0.29, 0.717) is 25.6 Å². The molecule has 0 spiro atoms. The molecule has 1 N–H and O–H groups in total. The van der Waals surface area contributed by atoms with Gasteiger partial charge < -0.3 is 19.9 Å². The quantitative estimate of drug-likeness (QED) is 0.812. The van der Waals surface area contributed by atoms with Crippen molar-refractivity contribution in [2.75, 3.05) is 43.0 Å². The molecule has 0 aliphatic carbocycles. The summed E-state index contributed by atoms with van der Waals surface area (Å²) in [5, 5.41) is 3.33. The van der Waals surface area contributed by atoms with E-state index in [1.807, 2.05) is 44.2 Å².